The SMILES string of the molecule is CNCC(C)OCc1cccc2ccccc12. The van der Waals surface area contributed by atoms with Crippen LogP contribution in [0.2, 0.25) is 0 Å². The highest BCUT2D eigenvalue weighted by atomic mass is 16.5. The molecular formula is C15H19NO. The van der Waals surface area contributed by atoms with Crippen LogP contribution in [-0.2, 0) is 11.3 Å². The molecule has 0 fully saturated rings. The van der Waals surface area contributed by atoms with Crippen molar-refractivity contribution in [3.05, 3.63) is 48.0 Å². The second-order valence-corrected chi connectivity index (χ2v) is 4.32. The van der Waals surface area contributed by atoms with Gasteiger partial charge in [-0.15, -0.1) is 0 Å². The first-order valence-electron chi connectivity index (χ1n) is 6.04. The standard InChI is InChI=1S/C15H19NO/c1-12(10-16-2)17-11-14-8-5-7-13-6-3-4-9-15(13)14/h3-9,12,16H,10-11H2,1-2H3. The summed E-state index contributed by atoms with van der Waals surface area (Å²) in [6.45, 7) is 3.64. The first-order chi connectivity index (χ1) is 8.31. The number of rotatable bonds is 5. The van der Waals surface area contributed by atoms with Gasteiger partial charge in [0.25, 0.3) is 0 Å². The van der Waals surface area contributed by atoms with E-state index in [1.54, 1.807) is 0 Å². The molecule has 0 spiro atoms. The highest BCUT2D eigenvalue weighted by Crippen LogP contribution is 2.19. The third-order valence-corrected chi connectivity index (χ3v) is 2.89. The molecule has 0 saturated carbocycles. The number of nitrogens with one attached hydrogen (secondary N) is 1. The minimum Gasteiger partial charge on any atom is -0.372 e. The van der Waals surface area contributed by atoms with Crippen molar-refractivity contribution in [2.45, 2.75) is 19.6 Å². The van der Waals surface area contributed by atoms with Crippen molar-refractivity contribution >= 4 is 10.8 Å². The Morgan fingerprint density at radius 3 is 2.71 bits per heavy atom. The average Bonchev–Trinajstić information content (AvgIpc) is 2.36. The summed E-state index contributed by atoms with van der Waals surface area (Å²) in [5, 5.41) is 5.67. The fourth-order valence-electron chi connectivity index (χ4n) is 2.00. The molecule has 0 heterocycles. The van der Waals surface area contributed by atoms with Crippen LogP contribution in [0.1, 0.15) is 12.5 Å². The van der Waals surface area contributed by atoms with E-state index in [0.717, 1.165) is 6.54 Å². The van der Waals surface area contributed by atoms with Gasteiger partial charge in [-0.1, -0.05) is 42.5 Å². The van der Waals surface area contributed by atoms with Gasteiger partial charge in [0.1, 0.15) is 0 Å². The Balaban J connectivity index is 2.13. The van der Waals surface area contributed by atoms with E-state index in [2.05, 4.69) is 54.7 Å². The van der Waals surface area contributed by atoms with E-state index in [1.165, 1.54) is 16.3 Å². The lowest BCUT2D eigenvalue weighted by Crippen LogP contribution is -2.23. The van der Waals surface area contributed by atoms with Crippen molar-refractivity contribution in [3.63, 3.8) is 0 Å². The maximum absolute atomic E-state index is 5.81. The van der Waals surface area contributed by atoms with Gasteiger partial charge in [0.2, 0.25) is 0 Å². The highest BCUT2D eigenvalue weighted by Gasteiger charge is 2.03. The topological polar surface area (TPSA) is 21.3 Å². The first-order valence-corrected chi connectivity index (χ1v) is 6.04. The molecule has 2 rings (SSSR count). The van der Waals surface area contributed by atoms with Crippen molar-refractivity contribution in [1.29, 1.82) is 0 Å². The fraction of sp³-hybridized carbons (Fsp3) is 0.333. The minimum atomic E-state index is 0.235. The van der Waals surface area contributed by atoms with Crippen LogP contribution < -0.4 is 5.32 Å². The van der Waals surface area contributed by atoms with Crippen LogP contribution in [-0.4, -0.2) is 19.7 Å². The smallest absolute Gasteiger partial charge is 0.0727 e. The Morgan fingerprint density at radius 1 is 1.12 bits per heavy atom. The molecule has 0 aromatic heterocycles. The molecule has 2 heteroatoms. The van der Waals surface area contributed by atoms with Crippen LogP contribution in [0, 0.1) is 0 Å². The zero-order chi connectivity index (χ0) is 12.1. The molecule has 2 nitrogen and oxygen atoms in total. The summed E-state index contributed by atoms with van der Waals surface area (Å²) in [6.07, 6.45) is 0.235. The fourth-order valence-corrected chi connectivity index (χ4v) is 2.00. The summed E-state index contributed by atoms with van der Waals surface area (Å²) >= 11 is 0. The second-order valence-electron chi connectivity index (χ2n) is 4.32. The number of likely N-dealkylation sites (N-methyl/N-ethyl adjacent to an activating group) is 1. The van der Waals surface area contributed by atoms with Gasteiger partial charge in [-0.05, 0) is 30.3 Å². The zero-order valence-electron chi connectivity index (χ0n) is 10.4. The van der Waals surface area contributed by atoms with Crippen LogP contribution in [0.5, 0.6) is 0 Å². The molecule has 0 bridgehead atoms. The lowest BCUT2D eigenvalue weighted by molar-refractivity contribution is 0.0552. The van der Waals surface area contributed by atoms with E-state index in [9.17, 15) is 0 Å². The van der Waals surface area contributed by atoms with Gasteiger partial charge in [-0.2, -0.15) is 0 Å². The van der Waals surface area contributed by atoms with E-state index in [0.29, 0.717) is 6.61 Å². The quantitative estimate of drug-likeness (QED) is 0.851. The summed E-state index contributed by atoms with van der Waals surface area (Å²) in [4.78, 5) is 0. The molecule has 2 aromatic carbocycles. The van der Waals surface area contributed by atoms with E-state index < -0.39 is 0 Å². The minimum absolute atomic E-state index is 0.235. The number of fused-ring (bicyclic) bond motifs is 1. The van der Waals surface area contributed by atoms with Crippen molar-refractivity contribution in [2.75, 3.05) is 13.6 Å². The molecule has 0 amide bonds. The predicted octanol–water partition coefficient (Wildman–Crippen LogP) is 2.96. The number of ether oxygens (including phenoxy) is 1. The van der Waals surface area contributed by atoms with Gasteiger partial charge >= 0.3 is 0 Å². The maximum Gasteiger partial charge on any atom is 0.0727 e. The van der Waals surface area contributed by atoms with Crippen molar-refractivity contribution in [1.82, 2.24) is 5.32 Å². The molecule has 1 N–H and O–H groups in total. The van der Waals surface area contributed by atoms with Gasteiger partial charge in [-0.25, -0.2) is 0 Å². The van der Waals surface area contributed by atoms with Gasteiger partial charge in [0, 0.05) is 6.54 Å². The average molecular weight is 229 g/mol. The summed E-state index contributed by atoms with van der Waals surface area (Å²) in [6, 6.07) is 14.8. The Kier molecular flexibility index (Phi) is 4.13. The monoisotopic (exact) mass is 229 g/mol. The van der Waals surface area contributed by atoms with Crippen molar-refractivity contribution in [2.24, 2.45) is 0 Å². The predicted molar refractivity (Wildman–Crippen MR) is 72.1 cm³/mol. The molecular weight excluding hydrogens is 210 g/mol. The zero-order valence-corrected chi connectivity index (χ0v) is 10.4. The van der Waals surface area contributed by atoms with Crippen molar-refractivity contribution in [3.8, 4) is 0 Å². The summed E-state index contributed by atoms with van der Waals surface area (Å²) in [7, 11) is 1.94. The molecule has 0 aliphatic heterocycles. The lowest BCUT2D eigenvalue weighted by Gasteiger charge is -2.13. The number of hydrogen-bond donors (Lipinski definition) is 1. The van der Waals surface area contributed by atoms with Crippen LogP contribution in [0.4, 0.5) is 0 Å². The van der Waals surface area contributed by atoms with Crippen LogP contribution in [0.3, 0.4) is 0 Å². The highest BCUT2D eigenvalue weighted by molar-refractivity contribution is 5.85. The van der Waals surface area contributed by atoms with Gasteiger partial charge < -0.3 is 10.1 Å². The lowest BCUT2D eigenvalue weighted by atomic mass is 10.1. The Labute approximate surface area is 103 Å². The molecule has 0 aliphatic rings. The largest absolute Gasteiger partial charge is 0.372 e. The summed E-state index contributed by atoms with van der Waals surface area (Å²) in [5.74, 6) is 0. The third kappa shape index (κ3) is 3.05. The Morgan fingerprint density at radius 2 is 1.88 bits per heavy atom. The molecule has 17 heavy (non-hydrogen) atoms. The molecule has 90 valence electrons. The Bertz CT molecular complexity index is 476. The van der Waals surface area contributed by atoms with Gasteiger partial charge in [-0.3, -0.25) is 0 Å². The summed E-state index contributed by atoms with van der Waals surface area (Å²) in [5.41, 5.74) is 1.26. The molecule has 1 unspecified atom stereocenters. The number of benzene rings is 2. The number of hydrogen-bond acceptors (Lipinski definition) is 2. The molecule has 2 aromatic rings. The van der Waals surface area contributed by atoms with Gasteiger partial charge in [0.05, 0.1) is 12.7 Å². The van der Waals surface area contributed by atoms with Crippen LogP contribution in [0.25, 0.3) is 10.8 Å². The second kappa shape index (κ2) is 5.80. The molecule has 0 radical (unpaired) electrons. The molecule has 0 saturated heterocycles. The normalized spacial score (nSPS) is 12.8. The maximum atomic E-state index is 5.81. The van der Waals surface area contributed by atoms with Crippen LogP contribution in [0.15, 0.2) is 42.5 Å². The van der Waals surface area contributed by atoms with Crippen molar-refractivity contribution < 1.29 is 4.74 Å². The third-order valence-electron chi connectivity index (χ3n) is 2.89. The van der Waals surface area contributed by atoms with E-state index in [4.69, 9.17) is 4.74 Å². The molecule has 0 aliphatic carbocycles. The van der Waals surface area contributed by atoms with E-state index in [-0.39, 0.29) is 6.10 Å². The van der Waals surface area contributed by atoms with Gasteiger partial charge in [0.15, 0.2) is 0 Å². The van der Waals surface area contributed by atoms with E-state index in [1.807, 2.05) is 7.05 Å². The van der Waals surface area contributed by atoms with E-state index >= 15 is 0 Å². The first kappa shape index (κ1) is 12.1. The Hall–Kier alpha value is -1.38. The molecule has 1 atom stereocenters. The summed E-state index contributed by atoms with van der Waals surface area (Å²) < 4.78 is 5.81. The van der Waals surface area contributed by atoms with Crippen LogP contribution >= 0.6 is 0 Å².